The highest BCUT2D eigenvalue weighted by molar-refractivity contribution is 5.80. The second kappa shape index (κ2) is 11.3. The zero-order valence-electron chi connectivity index (χ0n) is 19.4. The second-order valence-corrected chi connectivity index (χ2v) is 9.35. The molecule has 0 aromatic carbocycles. The third-order valence-electron chi connectivity index (χ3n) is 6.87. The van der Waals surface area contributed by atoms with E-state index in [1.807, 2.05) is 12.3 Å². The quantitative estimate of drug-likeness (QED) is 0.458. The van der Waals surface area contributed by atoms with Crippen LogP contribution in [0.25, 0.3) is 0 Å². The van der Waals surface area contributed by atoms with Gasteiger partial charge in [-0.1, -0.05) is 19.9 Å². The molecule has 1 amide bonds. The summed E-state index contributed by atoms with van der Waals surface area (Å²) in [5.41, 5.74) is 6.60. The molecule has 1 saturated heterocycles. The van der Waals surface area contributed by atoms with E-state index in [1.54, 1.807) is 0 Å². The number of carbonyl (C=O) groups is 1. The molecule has 1 aliphatic carbocycles. The molecule has 1 aromatic rings. The Morgan fingerprint density at radius 3 is 2.55 bits per heavy atom. The Kier molecular flexibility index (Phi) is 8.55. The maximum absolute atomic E-state index is 11.5. The molecule has 7 heteroatoms. The summed E-state index contributed by atoms with van der Waals surface area (Å²) in [4.78, 5) is 23.3. The molecule has 172 valence electrons. The van der Waals surface area contributed by atoms with E-state index < -0.39 is 0 Å². The van der Waals surface area contributed by atoms with E-state index in [1.165, 1.54) is 25.7 Å². The smallest absolute Gasteiger partial charge is 0.220 e. The number of hydrogen-bond acceptors (Lipinski definition) is 4. The van der Waals surface area contributed by atoms with Gasteiger partial charge in [0, 0.05) is 43.4 Å². The van der Waals surface area contributed by atoms with Gasteiger partial charge in [0.25, 0.3) is 0 Å². The largest absolute Gasteiger partial charge is 0.369 e. The monoisotopic (exact) mass is 428 g/mol. The highest BCUT2D eigenvalue weighted by Gasteiger charge is 2.25. The summed E-state index contributed by atoms with van der Waals surface area (Å²) in [5, 5.41) is 7.06. The number of anilines is 1. The number of pyridine rings is 1. The molecular weight excluding hydrogens is 388 g/mol. The normalized spacial score (nSPS) is 23.1. The molecule has 31 heavy (non-hydrogen) atoms. The van der Waals surface area contributed by atoms with Crippen LogP contribution in [-0.2, 0) is 11.3 Å². The van der Waals surface area contributed by atoms with Gasteiger partial charge in [0.05, 0.1) is 6.54 Å². The minimum Gasteiger partial charge on any atom is -0.369 e. The molecule has 1 aliphatic heterocycles. The number of guanidine groups is 1. The summed E-state index contributed by atoms with van der Waals surface area (Å²) in [7, 11) is 0. The van der Waals surface area contributed by atoms with Crippen molar-refractivity contribution in [1.29, 1.82) is 0 Å². The maximum atomic E-state index is 11.5. The predicted octanol–water partition coefficient (Wildman–Crippen LogP) is 3.05. The molecule has 3 rings (SSSR count). The van der Waals surface area contributed by atoms with Crippen LogP contribution in [0.3, 0.4) is 0 Å². The molecule has 0 spiro atoms. The van der Waals surface area contributed by atoms with E-state index in [-0.39, 0.29) is 11.8 Å². The molecule has 2 heterocycles. The number of primary amides is 1. The van der Waals surface area contributed by atoms with Crippen molar-refractivity contribution >= 4 is 17.7 Å². The van der Waals surface area contributed by atoms with Crippen molar-refractivity contribution in [3.63, 3.8) is 0 Å². The first-order valence-corrected chi connectivity index (χ1v) is 12.0. The van der Waals surface area contributed by atoms with Gasteiger partial charge in [-0.15, -0.1) is 0 Å². The predicted molar refractivity (Wildman–Crippen MR) is 127 cm³/mol. The fourth-order valence-electron chi connectivity index (χ4n) is 4.82. The second-order valence-electron chi connectivity index (χ2n) is 9.35. The minimum atomic E-state index is -0.186. The van der Waals surface area contributed by atoms with Crippen molar-refractivity contribution in [2.24, 2.45) is 28.5 Å². The molecule has 0 bridgehead atoms. The Hall–Kier alpha value is -2.31. The lowest BCUT2D eigenvalue weighted by Crippen LogP contribution is -2.45. The minimum absolute atomic E-state index is 0.0169. The molecule has 7 nitrogen and oxygen atoms in total. The van der Waals surface area contributed by atoms with Crippen LogP contribution >= 0.6 is 0 Å². The first-order chi connectivity index (χ1) is 15.0. The Labute approximate surface area is 187 Å². The summed E-state index contributed by atoms with van der Waals surface area (Å²) in [6.45, 7) is 9.81. The standard InChI is InChI=1S/C24H40N6O/c1-4-26-24(29-21-9-7-18(8-10-21)17(2)3)28-16-20-6-5-13-27-23(20)30-14-11-19(12-15-30)22(25)31/h5-6,13,17-19,21H,4,7-12,14-16H2,1-3H3,(H2,25,31)(H2,26,28,29). The van der Waals surface area contributed by atoms with Crippen molar-refractivity contribution in [2.75, 3.05) is 24.5 Å². The number of hydrogen-bond donors (Lipinski definition) is 3. The van der Waals surface area contributed by atoms with Crippen LogP contribution in [0.2, 0.25) is 0 Å². The number of aromatic nitrogens is 1. The molecule has 0 atom stereocenters. The van der Waals surface area contributed by atoms with E-state index in [0.29, 0.717) is 12.6 Å². The van der Waals surface area contributed by atoms with Gasteiger partial charge in [0.2, 0.25) is 5.91 Å². The summed E-state index contributed by atoms with van der Waals surface area (Å²) in [5.74, 6) is 3.29. The first-order valence-electron chi connectivity index (χ1n) is 12.0. The van der Waals surface area contributed by atoms with Gasteiger partial charge in [0.1, 0.15) is 5.82 Å². The van der Waals surface area contributed by atoms with E-state index in [2.05, 4.69) is 47.4 Å². The van der Waals surface area contributed by atoms with E-state index in [4.69, 9.17) is 10.7 Å². The third kappa shape index (κ3) is 6.58. The molecule has 2 aliphatic rings. The lowest BCUT2D eigenvalue weighted by molar-refractivity contribution is -0.122. The Morgan fingerprint density at radius 2 is 1.94 bits per heavy atom. The van der Waals surface area contributed by atoms with Crippen LogP contribution in [0, 0.1) is 17.8 Å². The maximum Gasteiger partial charge on any atom is 0.220 e. The highest BCUT2D eigenvalue weighted by Crippen LogP contribution is 2.30. The van der Waals surface area contributed by atoms with E-state index >= 15 is 0 Å². The molecule has 1 saturated carbocycles. The van der Waals surface area contributed by atoms with Gasteiger partial charge in [-0.25, -0.2) is 9.98 Å². The third-order valence-corrected chi connectivity index (χ3v) is 6.87. The first kappa shape index (κ1) is 23.4. The number of carbonyl (C=O) groups excluding carboxylic acids is 1. The van der Waals surface area contributed by atoms with Crippen molar-refractivity contribution < 1.29 is 4.79 Å². The van der Waals surface area contributed by atoms with Crippen LogP contribution in [0.1, 0.15) is 64.9 Å². The topological polar surface area (TPSA) is 95.6 Å². The summed E-state index contributed by atoms with van der Waals surface area (Å²) >= 11 is 0. The zero-order valence-corrected chi connectivity index (χ0v) is 19.4. The number of nitrogens with two attached hydrogens (primary N) is 1. The van der Waals surface area contributed by atoms with Gasteiger partial charge < -0.3 is 21.3 Å². The Balaban J connectivity index is 1.62. The van der Waals surface area contributed by atoms with Gasteiger partial charge in [-0.05, 0) is 63.4 Å². The number of aliphatic imine (C=N–C) groups is 1. The number of amides is 1. The fraction of sp³-hybridized carbons (Fsp3) is 0.708. The van der Waals surface area contributed by atoms with Crippen LogP contribution in [-0.4, -0.2) is 42.5 Å². The lowest BCUT2D eigenvalue weighted by Gasteiger charge is -2.33. The number of nitrogens with one attached hydrogen (secondary N) is 2. The summed E-state index contributed by atoms with van der Waals surface area (Å²) < 4.78 is 0. The SMILES string of the molecule is CCNC(=NCc1cccnc1N1CCC(C(N)=O)CC1)NC1CCC(C(C)C)CC1. The number of piperidine rings is 1. The lowest BCUT2D eigenvalue weighted by atomic mass is 9.80. The van der Waals surface area contributed by atoms with Crippen LogP contribution < -0.4 is 21.3 Å². The van der Waals surface area contributed by atoms with Crippen molar-refractivity contribution in [3.05, 3.63) is 23.9 Å². The Morgan fingerprint density at radius 1 is 1.23 bits per heavy atom. The van der Waals surface area contributed by atoms with Crippen molar-refractivity contribution in [3.8, 4) is 0 Å². The molecule has 1 aromatic heterocycles. The van der Waals surface area contributed by atoms with Crippen LogP contribution in [0.15, 0.2) is 23.3 Å². The number of rotatable bonds is 7. The zero-order chi connectivity index (χ0) is 22.2. The van der Waals surface area contributed by atoms with Gasteiger partial charge in [-0.2, -0.15) is 0 Å². The van der Waals surface area contributed by atoms with Gasteiger partial charge in [0.15, 0.2) is 5.96 Å². The van der Waals surface area contributed by atoms with Crippen molar-refractivity contribution in [1.82, 2.24) is 15.6 Å². The molecule has 4 N–H and O–H groups in total. The average molecular weight is 429 g/mol. The van der Waals surface area contributed by atoms with Crippen LogP contribution in [0.4, 0.5) is 5.82 Å². The average Bonchev–Trinajstić information content (AvgIpc) is 2.78. The van der Waals surface area contributed by atoms with Gasteiger partial charge in [-0.3, -0.25) is 4.79 Å². The van der Waals surface area contributed by atoms with E-state index in [9.17, 15) is 4.79 Å². The van der Waals surface area contributed by atoms with E-state index in [0.717, 1.165) is 61.7 Å². The molecular formula is C24H40N6O. The Bertz CT molecular complexity index is 733. The molecule has 0 radical (unpaired) electrons. The molecule has 0 unspecified atom stereocenters. The fourth-order valence-corrected chi connectivity index (χ4v) is 4.82. The van der Waals surface area contributed by atoms with Gasteiger partial charge >= 0.3 is 0 Å². The summed E-state index contributed by atoms with van der Waals surface area (Å²) in [6, 6.07) is 4.57. The molecule has 2 fully saturated rings. The highest BCUT2D eigenvalue weighted by atomic mass is 16.1. The van der Waals surface area contributed by atoms with Crippen molar-refractivity contribution in [2.45, 2.75) is 71.9 Å². The van der Waals surface area contributed by atoms with Crippen LogP contribution in [0.5, 0.6) is 0 Å². The summed E-state index contributed by atoms with van der Waals surface area (Å²) in [6.07, 6.45) is 8.42. The number of nitrogens with zero attached hydrogens (tertiary/aromatic N) is 3.